The number of nitrogens with one attached hydrogen (secondary N) is 1. The minimum absolute atomic E-state index is 0.151. The van der Waals surface area contributed by atoms with Gasteiger partial charge in [-0.05, 0) is 49.2 Å². The van der Waals surface area contributed by atoms with Gasteiger partial charge in [-0.15, -0.1) is 0 Å². The molecular formula is C23H25N3O2. The number of pyridine rings is 1. The molecule has 4 rings (SSSR count). The second-order valence-electron chi connectivity index (χ2n) is 7.40. The first-order chi connectivity index (χ1) is 13.7. The molecule has 1 amide bonds. The molecule has 1 atom stereocenters. The van der Waals surface area contributed by atoms with E-state index < -0.39 is 0 Å². The van der Waals surface area contributed by atoms with Gasteiger partial charge < -0.3 is 9.73 Å². The summed E-state index contributed by atoms with van der Waals surface area (Å²) in [5.41, 5.74) is 3.33. The highest BCUT2D eigenvalue weighted by Gasteiger charge is 2.23. The number of carbonyl (C=O) groups is 1. The van der Waals surface area contributed by atoms with Gasteiger partial charge in [0.1, 0.15) is 11.5 Å². The lowest BCUT2D eigenvalue weighted by molar-refractivity contribution is -0.119. The standard InChI is InChI=1S/C23H25N3O2/c1-17-8-10-22(28-17)19-6-4-5-18(13-19)14-26(15-20-7-2-3-12-24-20)16-21-9-11-23(27)25-21/h2-8,10,12-13,21H,9,11,14-16H2,1H3,(H,25,27)/t21-/m0/s1. The lowest BCUT2D eigenvalue weighted by atomic mass is 10.1. The van der Waals surface area contributed by atoms with E-state index in [1.165, 1.54) is 5.56 Å². The minimum Gasteiger partial charge on any atom is -0.461 e. The third-order valence-electron chi connectivity index (χ3n) is 5.03. The van der Waals surface area contributed by atoms with Crippen molar-refractivity contribution >= 4 is 5.91 Å². The molecule has 0 bridgehead atoms. The summed E-state index contributed by atoms with van der Waals surface area (Å²) in [7, 11) is 0. The number of aromatic nitrogens is 1. The van der Waals surface area contributed by atoms with Crippen LogP contribution < -0.4 is 5.32 Å². The van der Waals surface area contributed by atoms with E-state index in [0.717, 1.165) is 48.8 Å². The number of furan rings is 1. The number of carbonyl (C=O) groups excluding carboxylic acids is 1. The van der Waals surface area contributed by atoms with Crippen LogP contribution in [0.2, 0.25) is 0 Å². The first-order valence-corrected chi connectivity index (χ1v) is 9.73. The van der Waals surface area contributed by atoms with Crippen LogP contribution in [0.4, 0.5) is 0 Å². The van der Waals surface area contributed by atoms with E-state index in [4.69, 9.17) is 4.42 Å². The van der Waals surface area contributed by atoms with E-state index in [2.05, 4.69) is 39.5 Å². The Balaban J connectivity index is 1.52. The van der Waals surface area contributed by atoms with E-state index in [9.17, 15) is 4.79 Å². The van der Waals surface area contributed by atoms with Crippen LogP contribution in [-0.4, -0.2) is 28.4 Å². The molecule has 1 aliphatic rings. The van der Waals surface area contributed by atoms with Gasteiger partial charge in [-0.2, -0.15) is 0 Å². The fourth-order valence-electron chi connectivity index (χ4n) is 3.70. The zero-order valence-corrected chi connectivity index (χ0v) is 16.1. The van der Waals surface area contributed by atoms with Crippen molar-refractivity contribution < 1.29 is 9.21 Å². The first-order valence-electron chi connectivity index (χ1n) is 9.73. The molecule has 5 heteroatoms. The van der Waals surface area contributed by atoms with Crippen LogP contribution in [-0.2, 0) is 17.9 Å². The largest absolute Gasteiger partial charge is 0.461 e. The maximum atomic E-state index is 11.6. The van der Waals surface area contributed by atoms with Crippen LogP contribution in [0.1, 0.15) is 29.9 Å². The predicted molar refractivity (Wildman–Crippen MR) is 108 cm³/mol. The van der Waals surface area contributed by atoms with Crippen molar-refractivity contribution in [3.05, 3.63) is 77.8 Å². The first kappa shape index (κ1) is 18.4. The summed E-state index contributed by atoms with van der Waals surface area (Å²) in [6.45, 7) is 4.30. The Morgan fingerprint density at radius 1 is 1.14 bits per heavy atom. The normalized spacial score (nSPS) is 16.5. The van der Waals surface area contributed by atoms with Crippen LogP contribution in [0.15, 0.2) is 65.2 Å². The molecule has 144 valence electrons. The van der Waals surface area contributed by atoms with Crippen molar-refractivity contribution in [2.45, 2.75) is 38.9 Å². The number of benzene rings is 1. The SMILES string of the molecule is Cc1ccc(-c2cccc(CN(Cc3ccccn3)C[C@@H]3CCC(=O)N3)c2)o1. The van der Waals surface area contributed by atoms with Crippen molar-refractivity contribution in [1.29, 1.82) is 0 Å². The Morgan fingerprint density at radius 2 is 2.07 bits per heavy atom. The van der Waals surface area contributed by atoms with Crippen LogP contribution >= 0.6 is 0 Å². The molecule has 1 aromatic carbocycles. The fraction of sp³-hybridized carbons (Fsp3) is 0.304. The zero-order valence-electron chi connectivity index (χ0n) is 16.1. The molecule has 0 aliphatic carbocycles. The number of hydrogen-bond acceptors (Lipinski definition) is 4. The molecule has 28 heavy (non-hydrogen) atoms. The molecule has 0 spiro atoms. The van der Waals surface area contributed by atoms with Crippen LogP contribution in [0.3, 0.4) is 0 Å². The summed E-state index contributed by atoms with van der Waals surface area (Å²) < 4.78 is 5.77. The predicted octanol–water partition coefficient (Wildman–Crippen LogP) is 3.93. The Morgan fingerprint density at radius 3 is 2.79 bits per heavy atom. The minimum atomic E-state index is 0.151. The van der Waals surface area contributed by atoms with Gasteiger partial charge in [0.15, 0.2) is 0 Å². The van der Waals surface area contributed by atoms with Crippen molar-refractivity contribution in [3.8, 4) is 11.3 Å². The summed E-state index contributed by atoms with van der Waals surface area (Å²) >= 11 is 0. The molecule has 3 heterocycles. The topological polar surface area (TPSA) is 58.4 Å². The quantitative estimate of drug-likeness (QED) is 0.680. The summed E-state index contributed by atoms with van der Waals surface area (Å²) in [5.74, 6) is 1.95. The van der Waals surface area contributed by atoms with Crippen LogP contribution in [0.5, 0.6) is 0 Å². The lowest BCUT2D eigenvalue weighted by Gasteiger charge is -2.25. The van der Waals surface area contributed by atoms with Crippen LogP contribution in [0, 0.1) is 6.92 Å². The van der Waals surface area contributed by atoms with Gasteiger partial charge in [0.2, 0.25) is 5.91 Å². The maximum Gasteiger partial charge on any atom is 0.220 e. The summed E-state index contributed by atoms with van der Waals surface area (Å²) in [6.07, 6.45) is 3.34. The lowest BCUT2D eigenvalue weighted by Crippen LogP contribution is -2.38. The van der Waals surface area contributed by atoms with Crippen molar-refractivity contribution in [1.82, 2.24) is 15.2 Å². The van der Waals surface area contributed by atoms with E-state index >= 15 is 0 Å². The van der Waals surface area contributed by atoms with Crippen molar-refractivity contribution in [3.63, 3.8) is 0 Å². The van der Waals surface area contributed by atoms with Gasteiger partial charge in [0.25, 0.3) is 0 Å². The number of rotatable bonds is 7. The summed E-state index contributed by atoms with van der Waals surface area (Å²) in [4.78, 5) is 18.4. The molecule has 0 unspecified atom stereocenters. The molecule has 0 saturated carbocycles. The second-order valence-corrected chi connectivity index (χ2v) is 7.40. The van der Waals surface area contributed by atoms with Crippen molar-refractivity contribution in [2.75, 3.05) is 6.54 Å². The third-order valence-corrected chi connectivity index (χ3v) is 5.03. The number of hydrogen-bond donors (Lipinski definition) is 1. The number of aryl methyl sites for hydroxylation is 1. The van der Waals surface area contributed by atoms with Gasteiger partial charge in [-0.25, -0.2) is 0 Å². The smallest absolute Gasteiger partial charge is 0.220 e. The molecule has 0 radical (unpaired) electrons. The Kier molecular flexibility index (Phi) is 5.53. The van der Waals surface area contributed by atoms with Gasteiger partial charge in [-0.3, -0.25) is 14.7 Å². The number of amides is 1. The second kappa shape index (κ2) is 8.40. The fourth-order valence-corrected chi connectivity index (χ4v) is 3.70. The average molecular weight is 375 g/mol. The highest BCUT2D eigenvalue weighted by molar-refractivity contribution is 5.78. The number of nitrogens with zero attached hydrogens (tertiary/aromatic N) is 2. The molecule has 1 N–H and O–H groups in total. The van der Waals surface area contributed by atoms with E-state index in [1.807, 2.05) is 43.5 Å². The Labute approximate surface area is 165 Å². The zero-order chi connectivity index (χ0) is 19.3. The highest BCUT2D eigenvalue weighted by atomic mass is 16.3. The van der Waals surface area contributed by atoms with E-state index in [-0.39, 0.29) is 11.9 Å². The maximum absolute atomic E-state index is 11.6. The van der Waals surface area contributed by atoms with Gasteiger partial charge in [0, 0.05) is 43.9 Å². The molecule has 5 nitrogen and oxygen atoms in total. The third kappa shape index (κ3) is 4.67. The monoisotopic (exact) mass is 375 g/mol. The molecule has 2 aromatic heterocycles. The molecule has 1 saturated heterocycles. The molecule has 1 fully saturated rings. The highest BCUT2D eigenvalue weighted by Crippen LogP contribution is 2.24. The molecule has 3 aromatic rings. The average Bonchev–Trinajstić information content (AvgIpc) is 3.31. The summed E-state index contributed by atoms with van der Waals surface area (Å²) in [5, 5.41) is 3.08. The Bertz CT molecular complexity index is 936. The van der Waals surface area contributed by atoms with E-state index in [0.29, 0.717) is 6.42 Å². The van der Waals surface area contributed by atoms with Crippen molar-refractivity contribution in [2.24, 2.45) is 0 Å². The van der Waals surface area contributed by atoms with Gasteiger partial charge in [-0.1, -0.05) is 24.3 Å². The van der Waals surface area contributed by atoms with E-state index in [1.54, 1.807) is 0 Å². The molecular weight excluding hydrogens is 350 g/mol. The Hall–Kier alpha value is -2.92. The van der Waals surface area contributed by atoms with Gasteiger partial charge in [0.05, 0.1) is 5.69 Å². The van der Waals surface area contributed by atoms with Gasteiger partial charge >= 0.3 is 0 Å². The summed E-state index contributed by atoms with van der Waals surface area (Å²) in [6, 6.07) is 18.6. The molecule has 1 aliphatic heterocycles. The van der Waals surface area contributed by atoms with Crippen LogP contribution in [0.25, 0.3) is 11.3 Å².